The van der Waals surface area contributed by atoms with Gasteiger partial charge in [-0.3, -0.25) is 0 Å². The van der Waals surface area contributed by atoms with Gasteiger partial charge in [0.05, 0.1) is 25.3 Å². The molecular formula is C19H19O3+. The molecule has 3 nitrogen and oxygen atoms in total. The van der Waals surface area contributed by atoms with E-state index in [1.165, 1.54) is 0 Å². The predicted molar refractivity (Wildman–Crippen MR) is 88.5 cm³/mol. The van der Waals surface area contributed by atoms with Crippen LogP contribution in [-0.4, -0.2) is 13.7 Å². The maximum Gasteiger partial charge on any atom is 0.364 e. The summed E-state index contributed by atoms with van der Waals surface area (Å²) in [5.41, 5.74) is 2.98. The van der Waals surface area contributed by atoms with Crippen molar-refractivity contribution in [2.75, 3.05) is 13.7 Å². The predicted octanol–water partition coefficient (Wildman–Crippen LogP) is 5.10. The number of methoxy groups -OCH3 is 1. The van der Waals surface area contributed by atoms with Gasteiger partial charge in [0.1, 0.15) is 16.9 Å². The number of rotatable bonds is 4. The van der Waals surface area contributed by atoms with E-state index >= 15 is 0 Å². The first-order chi connectivity index (χ1) is 10.7. The molecule has 0 fully saturated rings. The van der Waals surface area contributed by atoms with Crippen LogP contribution in [0.1, 0.15) is 12.5 Å². The molecule has 112 valence electrons. The normalized spacial score (nSPS) is 10.7. The van der Waals surface area contributed by atoms with Crippen molar-refractivity contribution in [2.24, 2.45) is 0 Å². The zero-order chi connectivity index (χ0) is 15.5. The molecule has 0 amide bonds. The summed E-state index contributed by atoms with van der Waals surface area (Å²) in [6, 6.07) is 15.9. The monoisotopic (exact) mass is 295 g/mol. The summed E-state index contributed by atoms with van der Waals surface area (Å²) in [6.45, 7) is 4.65. The van der Waals surface area contributed by atoms with Gasteiger partial charge in [-0.2, -0.15) is 0 Å². The molecular weight excluding hydrogens is 276 g/mol. The van der Waals surface area contributed by atoms with Gasteiger partial charge in [-0.1, -0.05) is 6.07 Å². The van der Waals surface area contributed by atoms with Gasteiger partial charge in [-0.05, 0) is 49.7 Å². The Kier molecular flexibility index (Phi) is 3.96. The molecule has 0 atom stereocenters. The Morgan fingerprint density at radius 1 is 1.00 bits per heavy atom. The molecule has 2 aromatic carbocycles. The van der Waals surface area contributed by atoms with Gasteiger partial charge in [0, 0.05) is 6.07 Å². The van der Waals surface area contributed by atoms with Crippen LogP contribution < -0.4 is 9.47 Å². The minimum atomic E-state index is 0.620. The van der Waals surface area contributed by atoms with Gasteiger partial charge in [-0.15, -0.1) is 0 Å². The van der Waals surface area contributed by atoms with E-state index < -0.39 is 0 Å². The van der Waals surface area contributed by atoms with Crippen LogP contribution >= 0.6 is 0 Å². The van der Waals surface area contributed by atoms with Crippen molar-refractivity contribution in [1.82, 2.24) is 0 Å². The van der Waals surface area contributed by atoms with Crippen molar-refractivity contribution in [2.45, 2.75) is 13.8 Å². The maximum absolute atomic E-state index is 6.07. The van der Waals surface area contributed by atoms with Crippen LogP contribution in [-0.2, 0) is 0 Å². The van der Waals surface area contributed by atoms with Gasteiger partial charge in [-0.25, -0.2) is 4.42 Å². The topological polar surface area (TPSA) is 29.8 Å². The SMILES string of the molecule is CCOc1cc(-c2ccc(OC)cc2)[o+]c2cc(C)ccc12. The number of aryl methyl sites for hydroxylation is 1. The van der Waals surface area contributed by atoms with E-state index in [2.05, 4.69) is 13.0 Å². The van der Waals surface area contributed by atoms with E-state index in [0.717, 1.165) is 39.4 Å². The highest BCUT2D eigenvalue weighted by atomic mass is 16.5. The molecule has 0 aliphatic rings. The second kappa shape index (κ2) is 6.06. The minimum absolute atomic E-state index is 0.620. The van der Waals surface area contributed by atoms with E-state index in [1.54, 1.807) is 7.11 Å². The summed E-state index contributed by atoms with van der Waals surface area (Å²) in [5, 5.41) is 0.990. The smallest absolute Gasteiger partial charge is 0.364 e. The van der Waals surface area contributed by atoms with Crippen LogP contribution in [0.15, 0.2) is 52.9 Å². The third-order valence-electron chi connectivity index (χ3n) is 3.56. The molecule has 0 aliphatic heterocycles. The lowest BCUT2D eigenvalue weighted by molar-refractivity contribution is 0.342. The van der Waals surface area contributed by atoms with Crippen LogP contribution in [0.3, 0.4) is 0 Å². The highest BCUT2D eigenvalue weighted by molar-refractivity contribution is 5.86. The lowest BCUT2D eigenvalue weighted by Crippen LogP contribution is -1.93. The first-order valence-electron chi connectivity index (χ1n) is 7.36. The van der Waals surface area contributed by atoms with Gasteiger partial charge in [0.2, 0.25) is 0 Å². The average Bonchev–Trinajstić information content (AvgIpc) is 2.54. The molecule has 22 heavy (non-hydrogen) atoms. The second-order valence-corrected chi connectivity index (χ2v) is 5.14. The van der Waals surface area contributed by atoms with Crippen molar-refractivity contribution in [3.8, 4) is 22.8 Å². The first-order valence-corrected chi connectivity index (χ1v) is 7.36. The van der Waals surface area contributed by atoms with Gasteiger partial charge < -0.3 is 9.47 Å². The largest absolute Gasteiger partial charge is 0.497 e. The van der Waals surface area contributed by atoms with Crippen LogP contribution in [0.5, 0.6) is 11.5 Å². The van der Waals surface area contributed by atoms with Crippen LogP contribution in [0.25, 0.3) is 22.3 Å². The van der Waals surface area contributed by atoms with Crippen molar-refractivity contribution in [3.63, 3.8) is 0 Å². The molecule has 0 aliphatic carbocycles. The van der Waals surface area contributed by atoms with Gasteiger partial charge >= 0.3 is 11.3 Å². The molecule has 3 heteroatoms. The zero-order valence-corrected chi connectivity index (χ0v) is 13.1. The Morgan fingerprint density at radius 2 is 1.77 bits per heavy atom. The van der Waals surface area contributed by atoms with Crippen molar-refractivity contribution < 1.29 is 13.9 Å². The summed E-state index contributed by atoms with van der Waals surface area (Å²) in [7, 11) is 1.66. The summed E-state index contributed by atoms with van der Waals surface area (Å²) in [6.07, 6.45) is 0. The fourth-order valence-corrected chi connectivity index (χ4v) is 2.43. The second-order valence-electron chi connectivity index (χ2n) is 5.14. The quantitative estimate of drug-likeness (QED) is 0.627. The number of hydrogen-bond donors (Lipinski definition) is 0. The van der Waals surface area contributed by atoms with Crippen LogP contribution in [0.2, 0.25) is 0 Å². The standard InChI is InChI=1S/C19H19O3/c1-4-21-18-12-17(14-6-8-15(20-3)9-7-14)22-19-11-13(2)5-10-16(18)19/h5-12H,4H2,1-3H3/q+1. The molecule has 0 saturated heterocycles. The van der Waals surface area contributed by atoms with E-state index in [0.29, 0.717) is 6.61 Å². The van der Waals surface area contributed by atoms with E-state index in [1.807, 2.05) is 49.4 Å². The molecule has 0 unspecified atom stereocenters. The Morgan fingerprint density at radius 3 is 2.45 bits per heavy atom. The third kappa shape index (κ3) is 2.75. The van der Waals surface area contributed by atoms with Crippen molar-refractivity contribution in [3.05, 3.63) is 54.1 Å². The summed E-state index contributed by atoms with van der Waals surface area (Å²) in [4.78, 5) is 0. The minimum Gasteiger partial charge on any atom is -0.497 e. The van der Waals surface area contributed by atoms with E-state index in [-0.39, 0.29) is 0 Å². The molecule has 3 rings (SSSR count). The number of ether oxygens (including phenoxy) is 2. The molecule has 1 aromatic heterocycles. The summed E-state index contributed by atoms with van der Waals surface area (Å²) in [5.74, 6) is 2.45. The summed E-state index contributed by atoms with van der Waals surface area (Å²) >= 11 is 0. The molecule has 1 heterocycles. The Hall–Kier alpha value is -2.55. The summed E-state index contributed by atoms with van der Waals surface area (Å²) < 4.78 is 17.0. The van der Waals surface area contributed by atoms with Crippen molar-refractivity contribution >= 4 is 11.0 Å². The maximum atomic E-state index is 6.07. The number of hydrogen-bond acceptors (Lipinski definition) is 2. The molecule has 0 bridgehead atoms. The lowest BCUT2D eigenvalue weighted by atomic mass is 10.1. The molecule has 0 radical (unpaired) electrons. The Bertz CT molecular complexity index is 792. The molecule has 0 spiro atoms. The van der Waals surface area contributed by atoms with E-state index in [4.69, 9.17) is 13.9 Å². The van der Waals surface area contributed by atoms with Crippen molar-refractivity contribution in [1.29, 1.82) is 0 Å². The average molecular weight is 295 g/mol. The zero-order valence-electron chi connectivity index (χ0n) is 13.1. The van der Waals surface area contributed by atoms with Crippen LogP contribution in [0, 0.1) is 6.92 Å². The highest BCUT2D eigenvalue weighted by Crippen LogP contribution is 2.33. The first kappa shape index (κ1) is 14.4. The Balaban J connectivity index is 2.15. The lowest BCUT2D eigenvalue weighted by Gasteiger charge is -2.04. The fraction of sp³-hybridized carbons (Fsp3) is 0.211. The molecule has 0 N–H and O–H groups in total. The van der Waals surface area contributed by atoms with E-state index in [9.17, 15) is 0 Å². The number of benzene rings is 2. The van der Waals surface area contributed by atoms with Gasteiger partial charge in [0.25, 0.3) is 0 Å². The molecule has 3 aromatic rings. The highest BCUT2D eigenvalue weighted by Gasteiger charge is 2.20. The van der Waals surface area contributed by atoms with Gasteiger partial charge in [0.15, 0.2) is 0 Å². The number of fused-ring (bicyclic) bond motifs is 1. The Labute approximate surface area is 130 Å². The van der Waals surface area contributed by atoms with Crippen LogP contribution in [0.4, 0.5) is 0 Å². The molecule has 0 saturated carbocycles. The third-order valence-corrected chi connectivity index (χ3v) is 3.56. The fourth-order valence-electron chi connectivity index (χ4n) is 2.43.